The maximum Gasteiger partial charge on any atom is 0.326 e. The third-order valence-electron chi connectivity index (χ3n) is 5.86. The molecule has 3 rings (SSSR count). The van der Waals surface area contributed by atoms with Crippen LogP contribution < -0.4 is 15.4 Å². The molecule has 2 aromatic heterocycles. The van der Waals surface area contributed by atoms with Gasteiger partial charge in [-0.05, 0) is 61.4 Å². The number of carbonyl (C=O) groups is 4. The summed E-state index contributed by atoms with van der Waals surface area (Å²) in [5.41, 5.74) is 2.89. The smallest absolute Gasteiger partial charge is 0.326 e. The van der Waals surface area contributed by atoms with Gasteiger partial charge in [-0.1, -0.05) is 22.8 Å². The van der Waals surface area contributed by atoms with Crippen LogP contribution in [0, 0.1) is 27.7 Å². The zero-order valence-electron chi connectivity index (χ0n) is 21.6. The first-order valence-corrected chi connectivity index (χ1v) is 14.2. The highest BCUT2D eigenvalue weighted by Gasteiger charge is 2.28. The van der Waals surface area contributed by atoms with Gasteiger partial charge in [0.25, 0.3) is 21.8 Å². The van der Waals surface area contributed by atoms with Crippen LogP contribution in [0.4, 0.5) is 11.6 Å². The van der Waals surface area contributed by atoms with Crippen LogP contribution in [0.2, 0.25) is 5.02 Å². The quantitative estimate of drug-likeness (QED) is 0.214. The van der Waals surface area contributed by atoms with Gasteiger partial charge in [0.2, 0.25) is 5.91 Å². The average molecular weight is 613 g/mol. The largest absolute Gasteiger partial charge is 0.481 e. The average Bonchev–Trinajstić information content (AvgIpc) is 3.47. The molecule has 0 bridgehead atoms. The number of aromatic nitrogens is 1. The van der Waals surface area contributed by atoms with E-state index in [-0.39, 0.29) is 32.8 Å². The Balaban J connectivity index is 1.86. The van der Waals surface area contributed by atoms with Gasteiger partial charge in [-0.25, -0.2) is 17.9 Å². The van der Waals surface area contributed by atoms with Crippen LogP contribution in [0.3, 0.4) is 0 Å². The zero-order chi connectivity index (χ0) is 29.9. The summed E-state index contributed by atoms with van der Waals surface area (Å²) in [5.74, 6) is -4.62. The number of nitrogens with one attached hydrogen (secondary N) is 3. The van der Waals surface area contributed by atoms with E-state index in [1.165, 1.54) is 18.4 Å². The van der Waals surface area contributed by atoms with E-state index < -0.39 is 46.2 Å². The van der Waals surface area contributed by atoms with Gasteiger partial charge in [0.15, 0.2) is 0 Å². The lowest BCUT2D eigenvalue weighted by Gasteiger charge is -2.19. The lowest BCUT2D eigenvalue weighted by Crippen LogP contribution is -2.43. The topological polar surface area (TPSA) is 205 Å². The predicted octanol–water partition coefficient (Wildman–Crippen LogP) is 3.26. The van der Waals surface area contributed by atoms with E-state index in [0.29, 0.717) is 27.9 Å². The summed E-state index contributed by atoms with van der Waals surface area (Å²) in [6, 6.07) is 1.34. The number of anilines is 2. The molecule has 0 saturated heterocycles. The Morgan fingerprint density at radius 3 is 2.38 bits per heavy atom. The Kier molecular flexibility index (Phi) is 9.22. The van der Waals surface area contributed by atoms with Gasteiger partial charge in [0, 0.05) is 5.69 Å². The molecular weight excluding hydrogens is 588 g/mol. The molecule has 16 heteroatoms. The molecule has 3 aromatic rings. The van der Waals surface area contributed by atoms with Crippen LogP contribution in [-0.2, 0) is 30.8 Å². The van der Waals surface area contributed by atoms with Gasteiger partial charge < -0.3 is 25.4 Å². The van der Waals surface area contributed by atoms with Crippen LogP contribution in [-0.4, -0.2) is 53.6 Å². The lowest BCUT2D eigenvalue weighted by atomic mass is 9.94. The van der Waals surface area contributed by atoms with Crippen molar-refractivity contribution < 1.29 is 42.3 Å². The molecule has 13 nitrogen and oxygen atoms in total. The number of hydrogen-bond acceptors (Lipinski definition) is 9. The zero-order valence-corrected chi connectivity index (χ0v) is 24.0. The van der Waals surface area contributed by atoms with E-state index >= 15 is 0 Å². The number of rotatable bonds is 11. The molecule has 0 unspecified atom stereocenters. The van der Waals surface area contributed by atoms with E-state index in [1.807, 2.05) is 0 Å². The van der Waals surface area contributed by atoms with E-state index in [0.717, 1.165) is 11.3 Å². The van der Waals surface area contributed by atoms with Gasteiger partial charge in [-0.2, -0.15) is 0 Å². The first-order valence-electron chi connectivity index (χ1n) is 11.5. The monoisotopic (exact) mass is 612 g/mol. The van der Waals surface area contributed by atoms with Crippen molar-refractivity contribution in [2.75, 3.05) is 10.0 Å². The number of amides is 2. The maximum atomic E-state index is 13.3. The summed E-state index contributed by atoms with van der Waals surface area (Å²) in [7, 11) is -4.29. The molecular formula is C24H25ClN4O9S2. The summed E-state index contributed by atoms with van der Waals surface area (Å²) in [5, 5.41) is 28.0. The number of carboxylic acid groups (broad SMARTS) is 2. The Hall–Kier alpha value is -3.95. The molecule has 0 radical (unpaired) electrons. The van der Waals surface area contributed by atoms with Crippen molar-refractivity contribution in [3.63, 3.8) is 0 Å². The first-order chi connectivity index (χ1) is 18.6. The van der Waals surface area contributed by atoms with Gasteiger partial charge in [-0.3, -0.25) is 14.4 Å². The molecule has 40 heavy (non-hydrogen) atoms. The molecule has 0 spiro atoms. The van der Waals surface area contributed by atoms with Gasteiger partial charge in [-0.15, -0.1) is 11.3 Å². The second-order valence-corrected chi connectivity index (χ2v) is 11.8. The number of nitrogens with zero attached hydrogens (tertiary/aromatic N) is 1. The summed E-state index contributed by atoms with van der Waals surface area (Å²) in [4.78, 5) is 47.7. The Morgan fingerprint density at radius 2 is 1.80 bits per heavy atom. The Labute approximate surface area is 237 Å². The molecule has 2 amide bonds. The number of carbonyl (C=O) groups excluding carboxylic acids is 2. The molecule has 0 aliphatic heterocycles. The normalized spacial score (nSPS) is 12.0. The van der Waals surface area contributed by atoms with E-state index in [2.05, 4.69) is 20.5 Å². The summed E-state index contributed by atoms with van der Waals surface area (Å²) in [6.45, 7) is 6.62. The lowest BCUT2D eigenvalue weighted by molar-refractivity contribution is -0.147. The van der Waals surface area contributed by atoms with Crippen LogP contribution in [0.25, 0.3) is 0 Å². The molecule has 214 valence electrons. The van der Waals surface area contributed by atoms with E-state index in [9.17, 15) is 32.7 Å². The van der Waals surface area contributed by atoms with Gasteiger partial charge in [0.1, 0.15) is 26.5 Å². The fourth-order valence-corrected chi connectivity index (χ4v) is 6.41. The highest BCUT2D eigenvalue weighted by molar-refractivity contribution is 7.93. The number of aryl methyl sites for hydroxylation is 3. The number of benzene rings is 1. The summed E-state index contributed by atoms with van der Waals surface area (Å²) >= 11 is 6.90. The van der Waals surface area contributed by atoms with Gasteiger partial charge in [0.05, 0.1) is 12.8 Å². The minimum Gasteiger partial charge on any atom is -0.481 e. The second-order valence-electron chi connectivity index (χ2n) is 8.81. The number of thiophene rings is 1. The van der Waals surface area contributed by atoms with Crippen molar-refractivity contribution in [1.29, 1.82) is 0 Å². The van der Waals surface area contributed by atoms with Crippen molar-refractivity contribution in [3.8, 4) is 0 Å². The van der Waals surface area contributed by atoms with Gasteiger partial charge >= 0.3 is 11.9 Å². The van der Waals surface area contributed by atoms with Crippen molar-refractivity contribution in [1.82, 2.24) is 10.5 Å². The fraction of sp³-hybridized carbons (Fsp3) is 0.292. The Morgan fingerprint density at radius 1 is 1.12 bits per heavy atom. The minimum absolute atomic E-state index is 0.0232. The molecule has 5 N–H and O–H groups in total. The first kappa shape index (κ1) is 30.6. The fourth-order valence-electron chi connectivity index (χ4n) is 3.92. The molecule has 1 atom stereocenters. The van der Waals surface area contributed by atoms with Crippen LogP contribution >= 0.6 is 22.9 Å². The van der Waals surface area contributed by atoms with Crippen molar-refractivity contribution in [2.45, 2.75) is 51.5 Å². The molecule has 1 aromatic carbocycles. The number of sulfonamides is 1. The van der Waals surface area contributed by atoms with Crippen molar-refractivity contribution in [2.24, 2.45) is 0 Å². The highest BCUT2D eigenvalue weighted by atomic mass is 35.5. The number of carboxylic acids is 2. The predicted molar refractivity (Wildman–Crippen MR) is 146 cm³/mol. The number of hydrogen-bond donors (Lipinski definition) is 5. The molecule has 0 saturated carbocycles. The second kappa shape index (κ2) is 12.1. The van der Waals surface area contributed by atoms with E-state index in [1.54, 1.807) is 26.8 Å². The minimum atomic E-state index is -4.29. The van der Waals surface area contributed by atoms with Crippen LogP contribution in [0.1, 0.15) is 44.0 Å². The Bertz CT molecular complexity index is 1610. The summed E-state index contributed by atoms with van der Waals surface area (Å²) in [6.07, 6.45) is -1.08. The van der Waals surface area contributed by atoms with Crippen LogP contribution in [0.15, 0.2) is 26.9 Å². The maximum absolute atomic E-state index is 13.3. The third kappa shape index (κ3) is 6.78. The molecule has 0 aliphatic rings. The standard InChI is InChI=1S/C24H25ClN4O9S2/c1-10-7-11(2)20(12(3)14(10)8-17(30)26-15(24(34)35)9-18(31)32)27-22(33)21-16(5-6-39-21)40(36,37)29-23-19(25)13(4)28-38-23/h5-7,15,29H,8-9H2,1-4H3,(H,26,30)(H,27,33)(H,31,32)(H,34,35)/t15-/m0/s1. The number of aliphatic carboxylic acids is 2. The van der Waals surface area contributed by atoms with E-state index in [4.69, 9.17) is 21.2 Å². The number of halogens is 1. The SMILES string of the molecule is Cc1cc(C)c(NC(=O)c2sccc2S(=O)(=O)Nc2onc(C)c2Cl)c(C)c1CC(=O)N[C@@H](CC(=O)O)C(=O)O. The summed E-state index contributed by atoms with van der Waals surface area (Å²) < 4.78 is 33.1. The van der Waals surface area contributed by atoms with Crippen LogP contribution in [0.5, 0.6) is 0 Å². The van der Waals surface area contributed by atoms with Crippen molar-refractivity contribution >= 4 is 68.3 Å². The molecule has 0 fully saturated rings. The molecule has 2 heterocycles. The third-order valence-corrected chi connectivity index (χ3v) is 8.72. The van der Waals surface area contributed by atoms with Crippen molar-refractivity contribution in [3.05, 3.63) is 55.4 Å². The highest BCUT2D eigenvalue weighted by Crippen LogP contribution is 2.32. The molecule has 0 aliphatic carbocycles.